The Bertz CT molecular complexity index is 880. The first-order chi connectivity index (χ1) is 11.8. The first-order valence-electron chi connectivity index (χ1n) is 7.42. The zero-order valence-corrected chi connectivity index (χ0v) is 15.0. The minimum atomic E-state index is -4.62. The van der Waals surface area contributed by atoms with Gasteiger partial charge in [0.1, 0.15) is 17.1 Å². The van der Waals surface area contributed by atoms with Crippen LogP contribution in [0.3, 0.4) is 0 Å². The molecule has 3 N–H and O–H groups in total. The summed E-state index contributed by atoms with van der Waals surface area (Å²) in [7, 11) is -2.64. The Balaban J connectivity index is 2.51. The van der Waals surface area contributed by atoms with Crippen LogP contribution in [0.2, 0.25) is 0 Å². The molecule has 0 bridgehead atoms. The normalized spacial score (nSPS) is 23.6. The highest BCUT2D eigenvalue weighted by atomic mass is 32.2. The van der Waals surface area contributed by atoms with Crippen LogP contribution in [-0.2, 0) is 15.6 Å². The molecule has 0 radical (unpaired) electrons. The maximum absolute atomic E-state index is 14.3. The van der Waals surface area contributed by atoms with Crippen molar-refractivity contribution in [3.05, 3.63) is 41.4 Å². The summed E-state index contributed by atoms with van der Waals surface area (Å²) >= 11 is 0. The van der Waals surface area contributed by atoms with Crippen molar-refractivity contribution in [2.24, 2.45) is 10.7 Å². The first kappa shape index (κ1) is 20.0. The van der Waals surface area contributed by atoms with E-state index in [1.165, 1.54) is 20.9 Å². The monoisotopic (exact) mass is 394 g/mol. The summed E-state index contributed by atoms with van der Waals surface area (Å²) in [5.41, 5.74) is 2.77. The van der Waals surface area contributed by atoms with Gasteiger partial charge in [0.05, 0.1) is 5.75 Å². The number of nitrogens with two attached hydrogens (primary N) is 1. The molecule has 0 saturated carbocycles. The third-order valence-corrected chi connectivity index (χ3v) is 5.93. The lowest BCUT2D eigenvalue weighted by Gasteiger charge is -2.34. The van der Waals surface area contributed by atoms with Crippen molar-refractivity contribution < 1.29 is 26.0 Å². The maximum Gasteiger partial charge on any atom is 0.430 e. The van der Waals surface area contributed by atoms with Crippen molar-refractivity contribution in [1.29, 1.82) is 0 Å². The molecule has 1 aliphatic heterocycles. The Labute approximate surface area is 148 Å². The molecule has 0 aromatic heterocycles. The van der Waals surface area contributed by atoms with Crippen molar-refractivity contribution >= 4 is 21.7 Å². The van der Waals surface area contributed by atoms with E-state index < -0.39 is 39.0 Å². The zero-order chi connectivity index (χ0) is 19.9. The van der Waals surface area contributed by atoms with Gasteiger partial charge in [-0.05, 0) is 32.0 Å². The number of nitrogens with zero attached hydrogens (tertiary/aromatic N) is 2. The fraction of sp³-hybridized carbons (Fsp3) is 0.400. The summed E-state index contributed by atoms with van der Waals surface area (Å²) in [4.78, 5) is 4.05. The van der Waals surface area contributed by atoms with Crippen LogP contribution in [0.5, 0.6) is 0 Å². The predicted molar refractivity (Wildman–Crippen MR) is 90.4 cm³/mol. The Kier molecular flexibility index (Phi) is 4.97. The molecule has 0 spiro atoms. The van der Waals surface area contributed by atoms with E-state index in [0.29, 0.717) is 0 Å². The molecular formula is C15H18F4N4O2S. The molecule has 1 aromatic rings. The van der Waals surface area contributed by atoms with Gasteiger partial charge in [-0.15, -0.1) is 0 Å². The zero-order valence-electron chi connectivity index (χ0n) is 14.2. The van der Waals surface area contributed by atoms with E-state index in [0.717, 1.165) is 28.6 Å². The molecule has 6 nitrogen and oxygen atoms in total. The van der Waals surface area contributed by atoms with E-state index in [1.807, 2.05) is 0 Å². The molecule has 1 aliphatic rings. The fourth-order valence-corrected chi connectivity index (χ4v) is 4.02. The smallest absolute Gasteiger partial charge is 0.369 e. The summed E-state index contributed by atoms with van der Waals surface area (Å²) in [5.74, 6) is -1.71. The van der Waals surface area contributed by atoms with E-state index in [4.69, 9.17) is 5.73 Å². The quantitative estimate of drug-likeness (QED) is 0.772. The highest BCUT2D eigenvalue weighted by Gasteiger charge is 2.42. The molecule has 1 aromatic carbocycles. The lowest BCUT2D eigenvalue weighted by molar-refractivity contribution is -0.0903. The maximum atomic E-state index is 14.3. The number of anilines is 1. The molecule has 26 heavy (non-hydrogen) atoms. The number of hydrogen-bond acceptors (Lipinski definition) is 5. The van der Waals surface area contributed by atoms with Crippen LogP contribution >= 0.6 is 0 Å². The summed E-state index contributed by atoms with van der Waals surface area (Å²) < 4.78 is 78.2. The summed E-state index contributed by atoms with van der Waals surface area (Å²) in [6.45, 7) is 2.56. The van der Waals surface area contributed by atoms with Gasteiger partial charge in [0.2, 0.25) is 16.0 Å². The van der Waals surface area contributed by atoms with Gasteiger partial charge in [0.25, 0.3) is 0 Å². The minimum Gasteiger partial charge on any atom is -0.369 e. The number of hydrogen-bond donors (Lipinski definition) is 2. The van der Waals surface area contributed by atoms with Crippen LogP contribution in [0, 0.1) is 5.82 Å². The summed E-state index contributed by atoms with van der Waals surface area (Å²) in [5, 5.41) is 2.16. The number of rotatable bonds is 3. The molecule has 1 heterocycles. The Morgan fingerprint density at radius 2 is 2.04 bits per heavy atom. The van der Waals surface area contributed by atoms with Crippen LogP contribution in [0.15, 0.2) is 35.0 Å². The van der Waals surface area contributed by atoms with Crippen molar-refractivity contribution in [1.82, 2.24) is 4.31 Å². The largest absolute Gasteiger partial charge is 0.430 e. The van der Waals surface area contributed by atoms with E-state index >= 15 is 0 Å². The van der Waals surface area contributed by atoms with Crippen LogP contribution in [0.1, 0.15) is 19.4 Å². The summed E-state index contributed by atoms with van der Waals surface area (Å²) in [6, 6.07) is 3.17. The molecule has 0 aliphatic carbocycles. The van der Waals surface area contributed by atoms with Gasteiger partial charge in [-0.2, -0.15) is 13.2 Å². The molecule has 0 saturated heterocycles. The van der Waals surface area contributed by atoms with Crippen molar-refractivity contribution in [3.8, 4) is 0 Å². The molecule has 2 rings (SSSR count). The number of sulfonamides is 1. The van der Waals surface area contributed by atoms with Crippen LogP contribution in [0.25, 0.3) is 0 Å². The SMILES string of the molecule is C/C=C(/Nc1ccc(F)c([C@]2(C)CS(=O)(=O)N(C)C(N)=N2)c1)C(F)(F)F. The predicted octanol–water partition coefficient (Wildman–Crippen LogP) is 2.51. The number of aliphatic imine (C=N–C) groups is 1. The molecular weight excluding hydrogens is 376 g/mol. The third kappa shape index (κ3) is 3.76. The van der Waals surface area contributed by atoms with Gasteiger partial charge in [-0.25, -0.2) is 22.1 Å². The lowest BCUT2D eigenvalue weighted by Crippen LogP contribution is -2.50. The first-order valence-corrected chi connectivity index (χ1v) is 9.03. The number of nitrogens with one attached hydrogen (secondary N) is 1. The number of allylic oxidation sites excluding steroid dienone is 2. The van der Waals surface area contributed by atoms with Crippen LogP contribution < -0.4 is 11.1 Å². The molecule has 11 heteroatoms. The number of guanidine groups is 1. The van der Waals surface area contributed by atoms with E-state index in [-0.39, 0.29) is 17.2 Å². The lowest BCUT2D eigenvalue weighted by atomic mass is 9.93. The average Bonchev–Trinajstić information content (AvgIpc) is 2.50. The van der Waals surface area contributed by atoms with Crippen molar-refractivity contribution in [3.63, 3.8) is 0 Å². The highest BCUT2D eigenvalue weighted by Crippen LogP contribution is 2.35. The molecule has 1 atom stereocenters. The Morgan fingerprint density at radius 1 is 1.42 bits per heavy atom. The van der Waals surface area contributed by atoms with E-state index in [1.54, 1.807) is 0 Å². The van der Waals surface area contributed by atoms with Gasteiger partial charge in [-0.3, -0.25) is 0 Å². The number of benzene rings is 1. The van der Waals surface area contributed by atoms with Crippen molar-refractivity contribution in [2.45, 2.75) is 25.6 Å². The Hall–Kier alpha value is -2.30. The second kappa shape index (κ2) is 6.45. The molecule has 0 amide bonds. The molecule has 144 valence electrons. The van der Waals surface area contributed by atoms with E-state index in [9.17, 15) is 26.0 Å². The van der Waals surface area contributed by atoms with Crippen molar-refractivity contribution in [2.75, 3.05) is 18.1 Å². The van der Waals surface area contributed by atoms with Gasteiger partial charge >= 0.3 is 6.18 Å². The minimum absolute atomic E-state index is 0.0573. The highest BCUT2D eigenvalue weighted by molar-refractivity contribution is 7.89. The molecule has 0 fully saturated rings. The van der Waals surface area contributed by atoms with Crippen LogP contribution in [0.4, 0.5) is 23.2 Å². The fourth-order valence-electron chi connectivity index (χ4n) is 2.57. The third-order valence-electron chi connectivity index (χ3n) is 3.98. The van der Waals surface area contributed by atoms with Gasteiger partial charge in [0, 0.05) is 18.3 Å². The van der Waals surface area contributed by atoms with Crippen LogP contribution in [-0.4, -0.2) is 37.7 Å². The number of halogens is 4. The van der Waals surface area contributed by atoms with Gasteiger partial charge in [0.15, 0.2) is 0 Å². The molecule has 0 unspecified atom stereocenters. The average molecular weight is 394 g/mol. The van der Waals surface area contributed by atoms with Gasteiger partial charge < -0.3 is 11.1 Å². The Morgan fingerprint density at radius 3 is 2.54 bits per heavy atom. The van der Waals surface area contributed by atoms with Gasteiger partial charge in [-0.1, -0.05) is 6.08 Å². The summed E-state index contributed by atoms with van der Waals surface area (Å²) in [6.07, 6.45) is -3.78. The second-order valence-electron chi connectivity index (χ2n) is 5.99. The number of alkyl halides is 3. The van der Waals surface area contributed by atoms with E-state index in [2.05, 4.69) is 10.3 Å². The standard InChI is InChI=1S/C15H18F4N4O2S/c1-4-12(15(17,18)19)21-9-5-6-11(16)10(7-9)14(2)8-26(24,25)23(3)13(20)22-14/h4-7,21H,8H2,1-3H3,(H2,20,22)/b12-4+/t14-/m0/s1. The second-order valence-corrected chi connectivity index (χ2v) is 7.99. The topological polar surface area (TPSA) is 87.8 Å².